The molecule has 0 amide bonds. The van der Waals surface area contributed by atoms with Crippen molar-refractivity contribution in [1.82, 2.24) is 9.78 Å². The van der Waals surface area contributed by atoms with E-state index < -0.39 is 0 Å². The first-order valence-corrected chi connectivity index (χ1v) is 5.42. The third-order valence-corrected chi connectivity index (χ3v) is 3.25. The molecule has 1 aromatic heterocycles. The van der Waals surface area contributed by atoms with E-state index in [9.17, 15) is 0 Å². The van der Waals surface area contributed by atoms with Crippen LogP contribution in [0, 0.1) is 6.92 Å². The molecule has 0 bridgehead atoms. The van der Waals surface area contributed by atoms with Crippen molar-refractivity contribution >= 4 is 22.7 Å². The highest BCUT2D eigenvalue weighted by molar-refractivity contribution is 7.98. The summed E-state index contributed by atoms with van der Waals surface area (Å²) in [5.41, 5.74) is 2.54. The number of rotatable bonds is 1. The standard InChI is InChI=1S/C10H12N2S/c1-7-8-6-11-12(2)9(8)4-5-10(7)13-3/h4-6H,1-3H3. The number of hydrogen-bond donors (Lipinski definition) is 0. The summed E-state index contributed by atoms with van der Waals surface area (Å²) in [7, 11) is 1.97. The highest BCUT2D eigenvalue weighted by atomic mass is 32.2. The number of fused-ring (bicyclic) bond motifs is 1. The van der Waals surface area contributed by atoms with E-state index in [4.69, 9.17) is 0 Å². The van der Waals surface area contributed by atoms with Gasteiger partial charge in [0, 0.05) is 17.3 Å². The summed E-state index contributed by atoms with van der Waals surface area (Å²) in [6.07, 6.45) is 4.04. The average Bonchev–Trinajstić information content (AvgIpc) is 2.50. The van der Waals surface area contributed by atoms with Gasteiger partial charge in [-0.3, -0.25) is 4.68 Å². The zero-order chi connectivity index (χ0) is 9.42. The van der Waals surface area contributed by atoms with Crippen LogP contribution in [-0.4, -0.2) is 16.0 Å². The van der Waals surface area contributed by atoms with Crippen LogP contribution in [0.25, 0.3) is 10.9 Å². The van der Waals surface area contributed by atoms with Crippen molar-refractivity contribution in [2.24, 2.45) is 7.05 Å². The van der Waals surface area contributed by atoms with Crippen molar-refractivity contribution in [2.75, 3.05) is 6.26 Å². The van der Waals surface area contributed by atoms with Crippen molar-refractivity contribution in [3.63, 3.8) is 0 Å². The van der Waals surface area contributed by atoms with Gasteiger partial charge in [-0.1, -0.05) is 0 Å². The first kappa shape index (κ1) is 8.63. The van der Waals surface area contributed by atoms with Crippen LogP contribution in [-0.2, 0) is 7.05 Å². The molecule has 0 saturated heterocycles. The SMILES string of the molecule is CSc1ccc2c(cnn2C)c1C. The molecule has 2 aromatic rings. The second-order valence-electron chi connectivity index (χ2n) is 3.09. The lowest BCUT2D eigenvalue weighted by Crippen LogP contribution is -1.89. The van der Waals surface area contributed by atoms with E-state index in [1.165, 1.54) is 21.4 Å². The third-order valence-electron chi connectivity index (χ3n) is 2.37. The normalized spacial score (nSPS) is 11.0. The molecule has 1 heterocycles. The summed E-state index contributed by atoms with van der Waals surface area (Å²) in [5, 5.41) is 5.50. The van der Waals surface area contributed by atoms with E-state index in [1.54, 1.807) is 11.8 Å². The van der Waals surface area contributed by atoms with E-state index in [0.29, 0.717) is 0 Å². The molecule has 0 aliphatic rings. The summed E-state index contributed by atoms with van der Waals surface area (Å²) < 4.78 is 1.91. The van der Waals surface area contributed by atoms with Crippen molar-refractivity contribution in [1.29, 1.82) is 0 Å². The van der Waals surface area contributed by atoms with E-state index >= 15 is 0 Å². The van der Waals surface area contributed by atoms with Crippen LogP contribution in [0.1, 0.15) is 5.56 Å². The maximum atomic E-state index is 4.24. The van der Waals surface area contributed by atoms with Gasteiger partial charge in [0.1, 0.15) is 0 Å². The molecule has 0 atom stereocenters. The molecular formula is C10H12N2S. The van der Waals surface area contributed by atoms with Crippen LogP contribution in [0.3, 0.4) is 0 Å². The average molecular weight is 192 g/mol. The summed E-state index contributed by atoms with van der Waals surface area (Å²) in [4.78, 5) is 1.33. The van der Waals surface area contributed by atoms with Crippen molar-refractivity contribution in [3.8, 4) is 0 Å². The van der Waals surface area contributed by atoms with E-state index in [-0.39, 0.29) is 0 Å². The minimum absolute atomic E-state index is 1.20. The van der Waals surface area contributed by atoms with Gasteiger partial charge in [0.25, 0.3) is 0 Å². The predicted molar refractivity (Wildman–Crippen MR) is 57.2 cm³/mol. The highest BCUT2D eigenvalue weighted by Crippen LogP contribution is 2.26. The molecule has 0 fully saturated rings. The van der Waals surface area contributed by atoms with Crippen molar-refractivity contribution in [2.45, 2.75) is 11.8 Å². The first-order valence-electron chi connectivity index (χ1n) is 4.19. The minimum atomic E-state index is 1.20. The molecule has 0 saturated carbocycles. The van der Waals surface area contributed by atoms with Gasteiger partial charge in [-0.05, 0) is 30.9 Å². The largest absolute Gasteiger partial charge is 0.268 e. The van der Waals surface area contributed by atoms with Crippen LogP contribution < -0.4 is 0 Å². The Labute approximate surface area is 81.9 Å². The Bertz CT molecular complexity index is 445. The Morgan fingerprint density at radius 3 is 2.85 bits per heavy atom. The fourth-order valence-corrected chi connectivity index (χ4v) is 2.19. The van der Waals surface area contributed by atoms with Gasteiger partial charge < -0.3 is 0 Å². The number of aromatic nitrogens is 2. The van der Waals surface area contributed by atoms with E-state index in [0.717, 1.165) is 0 Å². The Morgan fingerprint density at radius 2 is 2.15 bits per heavy atom. The van der Waals surface area contributed by atoms with E-state index in [2.05, 4.69) is 30.4 Å². The lowest BCUT2D eigenvalue weighted by Gasteiger charge is -2.03. The van der Waals surface area contributed by atoms with Gasteiger partial charge in [0.15, 0.2) is 0 Å². The second-order valence-corrected chi connectivity index (χ2v) is 3.94. The van der Waals surface area contributed by atoms with Gasteiger partial charge in [-0.2, -0.15) is 5.10 Å². The predicted octanol–water partition coefficient (Wildman–Crippen LogP) is 2.60. The van der Waals surface area contributed by atoms with Crippen molar-refractivity contribution in [3.05, 3.63) is 23.9 Å². The summed E-state index contributed by atoms with van der Waals surface area (Å²) >= 11 is 1.78. The highest BCUT2D eigenvalue weighted by Gasteiger charge is 2.05. The second kappa shape index (κ2) is 3.07. The molecule has 0 N–H and O–H groups in total. The summed E-state index contributed by atoms with van der Waals surface area (Å²) in [6.45, 7) is 2.15. The van der Waals surface area contributed by atoms with Crippen LogP contribution in [0.4, 0.5) is 0 Å². The van der Waals surface area contributed by atoms with Gasteiger partial charge in [-0.25, -0.2) is 0 Å². The molecule has 2 rings (SSSR count). The molecule has 68 valence electrons. The van der Waals surface area contributed by atoms with Gasteiger partial charge >= 0.3 is 0 Å². The molecule has 0 aliphatic heterocycles. The third kappa shape index (κ3) is 1.23. The van der Waals surface area contributed by atoms with Crippen LogP contribution in [0.2, 0.25) is 0 Å². The smallest absolute Gasteiger partial charge is 0.0682 e. The minimum Gasteiger partial charge on any atom is -0.268 e. The maximum absolute atomic E-state index is 4.24. The Kier molecular flexibility index (Phi) is 2.04. The number of thioether (sulfide) groups is 1. The summed E-state index contributed by atoms with van der Waals surface area (Å²) in [6, 6.07) is 4.28. The first-order chi connectivity index (χ1) is 6.24. The molecule has 2 nitrogen and oxygen atoms in total. The number of aryl methyl sites for hydroxylation is 2. The fourth-order valence-electron chi connectivity index (χ4n) is 1.57. The maximum Gasteiger partial charge on any atom is 0.0682 e. The number of nitrogens with zero attached hydrogens (tertiary/aromatic N) is 2. The number of benzene rings is 1. The molecule has 0 radical (unpaired) electrons. The molecule has 0 spiro atoms. The molecule has 13 heavy (non-hydrogen) atoms. The molecule has 3 heteroatoms. The van der Waals surface area contributed by atoms with Gasteiger partial charge in [-0.15, -0.1) is 11.8 Å². The van der Waals surface area contributed by atoms with Crippen LogP contribution in [0.5, 0.6) is 0 Å². The van der Waals surface area contributed by atoms with Crippen LogP contribution in [0.15, 0.2) is 23.2 Å². The summed E-state index contributed by atoms with van der Waals surface area (Å²) in [5.74, 6) is 0. The molecule has 1 aromatic carbocycles. The Balaban J connectivity index is 2.80. The lowest BCUT2D eigenvalue weighted by atomic mass is 10.1. The van der Waals surface area contributed by atoms with Gasteiger partial charge in [0.05, 0.1) is 11.7 Å². The molecule has 0 unspecified atom stereocenters. The van der Waals surface area contributed by atoms with Crippen molar-refractivity contribution < 1.29 is 0 Å². The van der Waals surface area contributed by atoms with Crippen LogP contribution >= 0.6 is 11.8 Å². The zero-order valence-electron chi connectivity index (χ0n) is 8.03. The zero-order valence-corrected chi connectivity index (χ0v) is 8.85. The molecular weight excluding hydrogens is 180 g/mol. The Hall–Kier alpha value is -0.960. The fraction of sp³-hybridized carbons (Fsp3) is 0.300. The number of hydrogen-bond acceptors (Lipinski definition) is 2. The monoisotopic (exact) mass is 192 g/mol. The van der Waals surface area contributed by atoms with E-state index in [1.807, 2.05) is 17.9 Å². The van der Waals surface area contributed by atoms with Gasteiger partial charge in [0.2, 0.25) is 0 Å². The topological polar surface area (TPSA) is 17.8 Å². The lowest BCUT2D eigenvalue weighted by molar-refractivity contribution is 0.797. The molecule has 0 aliphatic carbocycles. The Morgan fingerprint density at radius 1 is 1.38 bits per heavy atom. The quantitative estimate of drug-likeness (QED) is 0.646.